The van der Waals surface area contributed by atoms with Crippen LogP contribution in [0.1, 0.15) is 27.9 Å². The van der Waals surface area contributed by atoms with Crippen molar-refractivity contribution in [2.45, 2.75) is 33.0 Å². The molecule has 0 fully saturated rings. The Morgan fingerprint density at radius 3 is 2.53 bits per heavy atom. The minimum Gasteiger partial charge on any atom is -0.380 e. The van der Waals surface area contributed by atoms with Crippen LogP contribution in [0.3, 0.4) is 0 Å². The molecule has 0 aliphatic rings. The van der Waals surface area contributed by atoms with Crippen LogP contribution >= 0.6 is 11.3 Å². The average Bonchev–Trinajstić information content (AvgIpc) is 2.89. The van der Waals surface area contributed by atoms with E-state index in [1.807, 2.05) is 6.20 Å². The molecule has 1 heterocycles. The van der Waals surface area contributed by atoms with Gasteiger partial charge in [-0.25, -0.2) is 4.98 Å². The Morgan fingerprint density at radius 1 is 1.16 bits per heavy atom. The first-order valence-corrected chi connectivity index (χ1v) is 7.34. The summed E-state index contributed by atoms with van der Waals surface area (Å²) in [5.74, 6) is 0. The zero-order chi connectivity index (χ0) is 13.5. The monoisotopic (exact) mass is 276 g/mol. The molecule has 1 N–H and O–H groups in total. The number of aryl methyl sites for hydroxylation is 1. The first-order chi connectivity index (χ1) is 9.31. The molecule has 0 aliphatic carbocycles. The topological polar surface area (TPSA) is 34.2 Å². The quantitative estimate of drug-likeness (QED) is 0.843. The molecular formula is C15H20N2OS. The maximum atomic E-state index is 5.10. The number of nitrogens with zero attached hydrogens (tertiary/aromatic N) is 1. The lowest BCUT2D eigenvalue weighted by atomic mass is 10.1. The molecule has 0 radical (unpaired) electrons. The lowest BCUT2D eigenvalue weighted by Gasteiger charge is -2.04. The van der Waals surface area contributed by atoms with Gasteiger partial charge in [0.15, 0.2) is 0 Å². The van der Waals surface area contributed by atoms with Crippen LogP contribution in [0.5, 0.6) is 0 Å². The minimum absolute atomic E-state index is 0.673. The van der Waals surface area contributed by atoms with E-state index in [9.17, 15) is 0 Å². The number of ether oxygens (including phenoxy) is 1. The van der Waals surface area contributed by atoms with Crippen molar-refractivity contribution in [3.63, 3.8) is 0 Å². The fourth-order valence-electron chi connectivity index (χ4n) is 1.83. The van der Waals surface area contributed by atoms with Crippen molar-refractivity contribution >= 4 is 11.3 Å². The molecule has 2 aromatic rings. The van der Waals surface area contributed by atoms with Crippen molar-refractivity contribution in [1.29, 1.82) is 0 Å². The van der Waals surface area contributed by atoms with Gasteiger partial charge in [-0.05, 0) is 17.5 Å². The Labute approximate surface area is 118 Å². The van der Waals surface area contributed by atoms with Gasteiger partial charge in [0.25, 0.3) is 0 Å². The van der Waals surface area contributed by atoms with Crippen LogP contribution in [0.25, 0.3) is 0 Å². The van der Waals surface area contributed by atoms with Gasteiger partial charge in [0.2, 0.25) is 0 Å². The highest BCUT2D eigenvalue weighted by molar-refractivity contribution is 7.11. The summed E-state index contributed by atoms with van der Waals surface area (Å²) in [6.45, 7) is 4.54. The average molecular weight is 276 g/mol. The van der Waals surface area contributed by atoms with Crippen LogP contribution in [0.15, 0.2) is 30.5 Å². The van der Waals surface area contributed by atoms with Crippen molar-refractivity contribution in [3.8, 4) is 0 Å². The summed E-state index contributed by atoms with van der Waals surface area (Å²) >= 11 is 1.79. The lowest BCUT2D eigenvalue weighted by molar-refractivity contribution is 0.185. The van der Waals surface area contributed by atoms with Crippen LogP contribution in [-0.4, -0.2) is 12.1 Å². The molecule has 0 spiro atoms. The molecule has 0 aliphatic heterocycles. The molecule has 0 bridgehead atoms. The molecule has 0 unspecified atom stereocenters. The van der Waals surface area contributed by atoms with Crippen LogP contribution in [0.4, 0.5) is 0 Å². The van der Waals surface area contributed by atoms with E-state index in [2.05, 4.69) is 41.5 Å². The highest BCUT2D eigenvalue weighted by Gasteiger charge is 2.00. The third kappa shape index (κ3) is 4.42. The molecule has 3 nitrogen and oxygen atoms in total. The molecule has 1 aromatic heterocycles. The first kappa shape index (κ1) is 14.2. The van der Waals surface area contributed by atoms with Crippen molar-refractivity contribution in [3.05, 3.63) is 51.5 Å². The van der Waals surface area contributed by atoms with Gasteiger partial charge in [0.05, 0.1) is 6.61 Å². The second-order valence-electron chi connectivity index (χ2n) is 4.43. The van der Waals surface area contributed by atoms with Gasteiger partial charge in [-0.15, -0.1) is 11.3 Å². The number of thiazole rings is 1. The Bertz CT molecular complexity index is 493. The van der Waals surface area contributed by atoms with Gasteiger partial charge in [-0.1, -0.05) is 31.2 Å². The number of hydrogen-bond acceptors (Lipinski definition) is 4. The number of rotatable bonds is 7. The van der Waals surface area contributed by atoms with Gasteiger partial charge in [0.1, 0.15) is 5.01 Å². The van der Waals surface area contributed by atoms with E-state index < -0.39 is 0 Å². The van der Waals surface area contributed by atoms with Crippen molar-refractivity contribution in [2.24, 2.45) is 0 Å². The van der Waals surface area contributed by atoms with Gasteiger partial charge in [0, 0.05) is 31.3 Å². The molecule has 19 heavy (non-hydrogen) atoms. The van der Waals surface area contributed by atoms with Gasteiger partial charge in [-0.3, -0.25) is 0 Å². The smallest absolute Gasteiger partial charge is 0.107 e. The van der Waals surface area contributed by atoms with Gasteiger partial charge >= 0.3 is 0 Å². The number of nitrogens with one attached hydrogen (secondary N) is 1. The Hall–Kier alpha value is -1.23. The fourth-order valence-corrected chi connectivity index (χ4v) is 2.66. The van der Waals surface area contributed by atoms with Crippen LogP contribution in [-0.2, 0) is 30.9 Å². The van der Waals surface area contributed by atoms with Crippen molar-refractivity contribution in [2.75, 3.05) is 7.11 Å². The number of hydrogen-bond donors (Lipinski definition) is 1. The molecule has 4 heteroatoms. The van der Waals surface area contributed by atoms with E-state index >= 15 is 0 Å². The van der Waals surface area contributed by atoms with E-state index in [1.165, 1.54) is 16.0 Å². The van der Waals surface area contributed by atoms with E-state index in [0.717, 1.165) is 24.5 Å². The van der Waals surface area contributed by atoms with Gasteiger partial charge in [-0.2, -0.15) is 0 Å². The summed E-state index contributed by atoms with van der Waals surface area (Å²) in [5.41, 5.74) is 2.49. The van der Waals surface area contributed by atoms with Crippen molar-refractivity contribution in [1.82, 2.24) is 10.3 Å². The largest absolute Gasteiger partial charge is 0.380 e. The lowest BCUT2D eigenvalue weighted by Crippen LogP contribution is -2.12. The number of benzene rings is 1. The molecule has 102 valence electrons. The fraction of sp³-hybridized carbons (Fsp3) is 0.400. The molecule has 0 saturated heterocycles. The van der Waals surface area contributed by atoms with Gasteiger partial charge < -0.3 is 10.1 Å². The summed E-state index contributed by atoms with van der Waals surface area (Å²) in [5, 5.41) is 4.58. The zero-order valence-electron chi connectivity index (χ0n) is 11.5. The number of aromatic nitrogens is 1. The Morgan fingerprint density at radius 2 is 1.89 bits per heavy atom. The summed E-state index contributed by atoms with van der Waals surface area (Å²) < 4.78 is 5.10. The van der Waals surface area contributed by atoms with E-state index in [-0.39, 0.29) is 0 Å². The predicted octanol–water partition coefficient (Wildman–Crippen LogP) is 3.14. The van der Waals surface area contributed by atoms with E-state index in [1.54, 1.807) is 18.4 Å². The van der Waals surface area contributed by atoms with Crippen LogP contribution in [0.2, 0.25) is 0 Å². The SMILES string of the molecule is CCc1cnc(CNCc2ccc(COC)cc2)s1. The predicted molar refractivity (Wildman–Crippen MR) is 79.2 cm³/mol. The highest BCUT2D eigenvalue weighted by atomic mass is 32.1. The third-order valence-corrected chi connectivity index (χ3v) is 4.03. The Kier molecular flexibility index (Phi) is 5.51. The highest BCUT2D eigenvalue weighted by Crippen LogP contribution is 2.13. The maximum absolute atomic E-state index is 5.10. The summed E-state index contributed by atoms with van der Waals surface area (Å²) in [7, 11) is 1.72. The molecule has 0 saturated carbocycles. The van der Waals surface area contributed by atoms with Crippen molar-refractivity contribution < 1.29 is 4.74 Å². The maximum Gasteiger partial charge on any atom is 0.107 e. The normalized spacial score (nSPS) is 10.8. The Balaban J connectivity index is 1.78. The van der Waals surface area contributed by atoms with Crippen LogP contribution in [0, 0.1) is 0 Å². The molecular weight excluding hydrogens is 256 g/mol. The van der Waals surface area contributed by atoms with E-state index in [0.29, 0.717) is 6.61 Å². The standard InChI is InChI=1S/C15H20N2OS/c1-3-14-9-17-15(19-14)10-16-8-12-4-6-13(7-5-12)11-18-2/h4-7,9,16H,3,8,10-11H2,1-2H3. The molecule has 1 aromatic carbocycles. The second kappa shape index (κ2) is 7.38. The summed E-state index contributed by atoms with van der Waals surface area (Å²) in [4.78, 5) is 5.74. The third-order valence-electron chi connectivity index (χ3n) is 2.89. The van der Waals surface area contributed by atoms with E-state index in [4.69, 9.17) is 4.74 Å². The summed E-state index contributed by atoms with van der Waals surface area (Å²) in [6.07, 6.45) is 3.04. The number of methoxy groups -OCH3 is 1. The molecule has 0 atom stereocenters. The molecule has 0 amide bonds. The first-order valence-electron chi connectivity index (χ1n) is 6.53. The minimum atomic E-state index is 0.673. The van der Waals surface area contributed by atoms with Crippen LogP contribution < -0.4 is 5.32 Å². The summed E-state index contributed by atoms with van der Waals surface area (Å²) in [6, 6.07) is 8.50. The second-order valence-corrected chi connectivity index (χ2v) is 5.63. The molecule has 2 rings (SSSR count). The zero-order valence-corrected chi connectivity index (χ0v) is 12.3.